The minimum absolute atomic E-state index is 0.0192. The number of ether oxygens (including phenoxy) is 4. The topological polar surface area (TPSA) is 233 Å². The van der Waals surface area contributed by atoms with E-state index >= 15 is 0 Å². The van der Waals surface area contributed by atoms with E-state index in [1.54, 1.807) is 0 Å². The van der Waals surface area contributed by atoms with Gasteiger partial charge in [0.05, 0.1) is 24.7 Å². The number of hydrogen-bond donors (Lipinski definition) is 8. The standard InChI is InChI=1S/C42H66O14/c1-37(2)25-8-11-42(7)33(22(45)16-20-21-17-39(4,36(51)52)13-12-38(21,3)14-15-41(20,42)6)40(25,5)10-9-26(37)55-35-32(30(49)28(47)24(19-44)54-35)56-34-31(50)29(48)27(46)23(18-43)53-34/h16,21,23-35,43-44,46-50H,8-15,17-19H2,1-7H3,(H,51,52)/t21-,23+,24+,25-,26?,27-,28-,29-,30-,31+,32+,33+,34-,35-,38+,39-,40-,41+,42+/m0/s1. The van der Waals surface area contributed by atoms with Crippen LogP contribution in [-0.4, -0.2) is 133 Å². The van der Waals surface area contributed by atoms with Crippen molar-refractivity contribution in [2.24, 2.45) is 50.2 Å². The van der Waals surface area contributed by atoms with Gasteiger partial charge in [-0.15, -0.1) is 0 Å². The van der Waals surface area contributed by atoms with E-state index in [0.29, 0.717) is 25.7 Å². The maximum absolute atomic E-state index is 14.8. The normalized spacial score (nSPS) is 54.2. The van der Waals surface area contributed by atoms with Crippen LogP contribution in [0.1, 0.15) is 106 Å². The zero-order valence-electron chi connectivity index (χ0n) is 34.0. The van der Waals surface area contributed by atoms with Gasteiger partial charge in [0, 0.05) is 5.92 Å². The second-order valence-corrected chi connectivity index (χ2v) is 20.5. The van der Waals surface area contributed by atoms with Crippen LogP contribution < -0.4 is 0 Å². The summed E-state index contributed by atoms with van der Waals surface area (Å²) >= 11 is 0. The first-order valence-corrected chi connectivity index (χ1v) is 20.8. The van der Waals surface area contributed by atoms with Crippen molar-refractivity contribution >= 4 is 11.8 Å². The average Bonchev–Trinajstić information content (AvgIpc) is 3.13. The summed E-state index contributed by atoms with van der Waals surface area (Å²) in [6.07, 6.45) is -7.28. The smallest absolute Gasteiger partial charge is 0.309 e. The first kappa shape index (κ1) is 42.6. The van der Waals surface area contributed by atoms with Gasteiger partial charge in [0.15, 0.2) is 18.4 Å². The number of carboxylic acids is 1. The lowest BCUT2D eigenvalue weighted by molar-refractivity contribution is -0.378. The molecule has 8 N–H and O–H groups in total. The Bertz CT molecular complexity index is 1570. The van der Waals surface area contributed by atoms with Crippen LogP contribution in [0, 0.1) is 50.2 Å². The molecule has 56 heavy (non-hydrogen) atoms. The molecular weight excluding hydrogens is 728 g/mol. The number of ketones is 1. The quantitative estimate of drug-likeness (QED) is 0.173. The zero-order chi connectivity index (χ0) is 41.1. The number of aliphatic hydroxyl groups is 7. The molecule has 2 aliphatic heterocycles. The summed E-state index contributed by atoms with van der Waals surface area (Å²) in [5, 5.41) is 83.6. The Morgan fingerprint density at radius 3 is 1.98 bits per heavy atom. The van der Waals surface area contributed by atoms with Gasteiger partial charge < -0.3 is 59.8 Å². The summed E-state index contributed by atoms with van der Waals surface area (Å²) in [6, 6.07) is 0. The number of aliphatic carboxylic acids is 1. The number of hydrogen-bond acceptors (Lipinski definition) is 13. The Hall–Kier alpha value is -1.56. The number of aliphatic hydroxyl groups excluding tert-OH is 7. The molecule has 5 aliphatic carbocycles. The Morgan fingerprint density at radius 2 is 1.36 bits per heavy atom. The van der Waals surface area contributed by atoms with Crippen molar-refractivity contribution in [3.05, 3.63) is 11.6 Å². The number of fused-ring (bicyclic) bond motifs is 7. The molecule has 318 valence electrons. The maximum atomic E-state index is 14.8. The molecule has 7 aliphatic rings. The lowest BCUT2D eigenvalue weighted by Gasteiger charge is -2.70. The van der Waals surface area contributed by atoms with E-state index in [-0.39, 0.29) is 39.8 Å². The third-order valence-corrected chi connectivity index (χ3v) is 17.3. The third-order valence-electron chi connectivity index (χ3n) is 17.3. The first-order chi connectivity index (χ1) is 26.0. The summed E-state index contributed by atoms with van der Waals surface area (Å²) in [6.45, 7) is 13.9. The Kier molecular flexibility index (Phi) is 10.9. The summed E-state index contributed by atoms with van der Waals surface area (Å²) in [5.41, 5.74) is -1.32. The van der Waals surface area contributed by atoms with Crippen molar-refractivity contribution < 1.29 is 69.4 Å². The predicted molar refractivity (Wildman–Crippen MR) is 198 cm³/mol. The van der Waals surface area contributed by atoms with Crippen molar-refractivity contribution in [1.29, 1.82) is 0 Å². The second kappa shape index (κ2) is 14.3. The highest BCUT2D eigenvalue weighted by molar-refractivity contribution is 5.95. The molecule has 2 heterocycles. The van der Waals surface area contributed by atoms with E-state index < -0.39 is 103 Å². The van der Waals surface area contributed by atoms with Gasteiger partial charge in [-0.2, -0.15) is 0 Å². The molecule has 0 spiro atoms. The van der Waals surface area contributed by atoms with Crippen molar-refractivity contribution in [3.8, 4) is 0 Å². The van der Waals surface area contributed by atoms with Gasteiger partial charge in [-0.25, -0.2) is 0 Å². The number of carbonyl (C=O) groups is 2. The van der Waals surface area contributed by atoms with Gasteiger partial charge >= 0.3 is 5.97 Å². The van der Waals surface area contributed by atoms with E-state index in [2.05, 4.69) is 41.5 Å². The Morgan fingerprint density at radius 1 is 0.750 bits per heavy atom. The minimum atomic E-state index is -1.78. The van der Waals surface area contributed by atoms with Gasteiger partial charge in [0.2, 0.25) is 0 Å². The molecule has 2 saturated heterocycles. The predicted octanol–water partition coefficient (Wildman–Crippen LogP) is 2.06. The van der Waals surface area contributed by atoms with Crippen LogP contribution in [0.4, 0.5) is 0 Å². The molecule has 0 aromatic rings. The highest BCUT2D eigenvalue weighted by atomic mass is 16.8. The fraction of sp³-hybridized carbons (Fsp3) is 0.905. The monoisotopic (exact) mass is 794 g/mol. The highest BCUT2D eigenvalue weighted by Gasteiger charge is 2.70. The van der Waals surface area contributed by atoms with Crippen molar-refractivity contribution in [1.82, 2.24) is 0 Å². The van der Waals surface area contributed by atoms with E-state index in [0.717, 1.165) is 37.7 Å². The molecule has 0 aromatic heterocycles. The molecule has 0 bridgehead atoms. The average molecular weight is 795 g/mol. The number of rotatable bonds is 7. The van der Waals surface area contributed by atoms with Gasteiger partial charge in [0.1, 0.15) is 48.8 Å². The Labute approximate surface area is 329 Å². The molecule has 0 aromatic carbocycles. The molecule has 7 rings (SSSR count). The molecule has 1 unspecified atom stereocenters. The van der Waals surface area contributed by atoms with E-state index in [1.165, 1.54) is 0 Å². The molecule has 0 radical (unpaired) electrons. The lowest BCUT2D eigenvalue weighted by atomic mass is 9.33. The summed E-state index contributed by atoms with van der Waals surface area (Å²) in [5.74, 6) is -0.873. The van der Waals surface area contributed by atoms with Crippen molar-refractivity contribution in [3.63, 3.8) is 0 Å². The van der Waals surface area contributed by atoms with Crippen LogP contribution in [0.25, 0.3) is 0 Å². The minimum Gasteiger partial charge on any atom is -0.481 e. The largest absolute Gasteiger partial charge is 0.481 e. The van der Waals surface area contributed by atoms with Gasteiger partial charge in [-0.05, 0) is 110 Å². The van der Waals surface area contributed by atoms with Crippen LogP contribution in [0.5, 0.6) is 0 Å². The van der Waals surface area contributed by atoms with Crippen LogP contribution in [0.15, 0.2) is 11.6 Å². The molecule has 14 nitrogen and oxygen atoms in total. The lowest BCUT2D eigenvalue weighted by Crippen LogP contribution is -2.68. The fourth-order valence-electron chi connectivity index (χ4n) is 13.4. The van der Waals surface area contributed by atoms with Crippen LogP contribution in [-0.2, 0) is 28.5 Å². The SMILES string of the molecule is CC1(C)C(O[C@@H]2O[C@H](CO)[C@H](O)[C@H](O)[C@H]2O[C@@H]2O[C@H](CO)[C@H](O)[C@H](O)[C@H]2O)CC[C@]2(C)[C@H]3C(=O)C=C4[C@@H]5C[C@@](C)(C(=O)O)CC[C@]5(C)CC[C@@]4(C)[C@]3(C)CC[C@@H]12. The van der Waals surface area contributed by atoms with Gasteiger partial charge in [-0.1, -0.05) is 47.1 Å². The molecule has 14 heteroatoms. The number of carboxylic acid groups (broad SMARTS) is 1. The number of allylic oxidation sites excluding steroid dienone is 2. The van der Waals surface area contributed by atoms with Gasteiger partial charge in [-0.3, -0.25) is 9.59 Å². The third kappa shape index (κ3) is 6.13. The van der Waals surface area contributed by atoms with E-state index in [1.807, 2.05) is 13.0 Å². The summed E-state index contributed by atoms with van der Waals surface area (Å²) in [7, 11) is 0. The highest BCUT2D eigenvalue weighted by Crippen LogP contribution is 2.75. The zero-order valence-corrected chi connectivity index (χ0v) is 34.0. The van der Waals surface area contributed by atoms with E-state index in [9.17, 15) is 50.4 Å². The Balaban J connectivity index is 1.16. The molecule has 6 fully saturated rings. The molecule has 4 saturated carbocycles. The van der Waals surface area contributed by atoms with Crippen molar-refractivity contribution in [2.45, 2.75) is 174 Å². The number of carbonyl (C=O) groups excluding carboxylic acids is 1. The summed E-state index contributed by atoms with van der Waals surface area (Å²) in [4.78, 5) is 27.3. The molecule has 19 atom stereocenters. The molecular formula is C42H66O14. The molecule has 0 amide bonds. The fourth-order valence-corrected chi connectivity index (χ4v) is 13.4. The van der Waals surface area contributed by atoms with Crippen LogP contribution >= 0.6 is 0 Å². The van der Waals surface area contributed by atoms with Crippen LogP contribution in [0.2, 0.25) is 0 Å². The maximum Gasteiger partial charge on any atom is 0.309 e. The van der Waals surface area contributed by atoms with E-state index in [4.69, 9.17) is 18.9 Å². The second-order valence-electron chi connectivity index (χ2n) is 20.5. The van der Waals surface area contributed by atoms with Crippen LogP contribution in [0.3, 0.4) is 0 Å². The van der Waals surface area contributed by atoms with Crippen molar-refractivity contribution in [2.75, 3.05) is 13.2 Å². The van der Waals surface area contributed by atoms with Gasteiger partial charge in [0.25, 0.3) is 0 Å². The summed E-state index contributed by atoms with van der Waals surface area (Å²) < 4.78 is 24.3. The first-order valence-electron chi connectivity index (χ1n) is 20.8.